The van der Waals surface area contributed by atoms with E-state index in [9.17, 15) is 5.11 Å². The average molecular weight is 529 g/mol. The van der Waals surface area contributed by atoms with Gasteiger partial charge in [-0.3, -0.25) is 0 Å². The van der Waals surface area contributed by atoms with Crippen molar-refractivity contribution in [2.75, 3.05) is 40.0 Å². The van der Waals surface area contributed by atoms with Crippen molar-refractivity contribution in [1.29, 1.82) is 0 Å². The highest BCUT2D eigenvalue weighted by molar-refractivity contribution is 5.98. The molecule has 1 aromatic heterocycles. The van der Waals surface area contributed by atoms with Crippen molar-refractivity contribution in [3.8, 4) is 11.5 Å². The lowest BCUT2D eigenvalue weighted by molar-refractivity contribution is 0.0599. The van der Waals surface area contributed by atoms with Crippen LogP contribution in [0.15, 0.2) is 70.1 Å². The van der Waals surface area contributed by atoms with Crippen molar-refractivity contribution in [2.24, 2.45) is 4.99 Å². The van der Waals surface area contributed by atoms with Gasteiger partial charge in [0, 0.05) is 12.6 Å². The van der Waals surface area contributed by atoms with Gasteiger partial charge in [-0.05, 0) is 86.3 Å². The van der Waals surface area contributed by atoms with Gasteiger partial charge < -0.3 is 28.6 Å². The van der Waals surface area contributed by atoms with Crippen molar-refractivity contribution in [2.45, 2.75) is 44.2 Å². The van der Waals surface area contributed by atoms with E-state index in [4.69, 9.17) is 18.6 Å². The van der Waals surface area contributed by atoms with E-state index in [0.717, 1.165) is 37.1 Å². The first-order chi connectivity index (χ1) is 18.9. The third-order valence-electron chi connectivity index (χ3n) is 7.73. The topological polar surface area (TPSA) is 76.7 Å². The molecule has 1 fully saturated rings. The summed E-state index contributed by atoms with van der Waals surface area (Å²) in [4.78, 5) is 6.95. The van der Waals surface area contributed by atoms with Gasteiger partial charge >= 0.3 is 0 Å². The summed E-state index contributed by atoms with van der Waals surface area (Å²) < 4.78 is 23.1. The number of aliphatic imine (C=N–C) groups is 1. The third kappa shape index (κ3) is 5.60. The Balaban J connectivity index is 1.03. The molecule has 204 valence electrons. The maximum absolute atomic E-state index is 10.8. The number of rotatable bonds is 8. The number of hydrogen-bond donors (Lipinski definition) is 1. The van der Waals surface area contributed by atoms with Crippen LogP contribution >= 0.6 is 0 Å². The first-order valence-electron chi connectivity index (χ1n) is 13.7. The first kappa shape index (κ1) is 25.7. The largest absolute Gasteiger partial charge is 0.497 e. The molecule has 3 heterocycles. The first-order valence-corrected chi connectivity index (χ1v) is 13.7. The quantitative estimate of drug-likeness (QED) is 0.313. The number of aliphatic hydroxyl groups excluding tert-OH is 1. The summed E-state index contributed by atoms with van der Waals surface area (Å²) in [5, 5.41) is 14.1. The molecule has 0 saturated carbocycles. The van der Waals surface area contributed by atoms with Gasteiger partial charge in [0.25, 0.3) is 5.90 Å². The molecule has 2 aliphatic rings. The molecule has 1 N–H and O–H groups in total. The molecule has 0 unspecified atom stereocenters. The summed E-state index contributed by atoms with van der Waals surface area (Å²) in [5.74, 6) is 3.23. The van der Waals surface area contributed by atoms with E-state index >= 15 is 0 Å². The van der Waals surface area contributed by atoms with E-state index < -0.39 is 6.10 Å². The number of fused-ring (bicyclic) bond motifs is 2. The number of hydrogen-bond acceptors (Lipinski definition) is 7. The molecule has 1 saturated heterocycles. The number of ether oxygens (including phenoxy) is 3. The van der Waals surface area contributed by atoms with Gasteiger partial charge in [0.2, 0.25) is 0 Å². The maximum atomic E-state index is 10.8. The lowest BCUT2D eigenvalue weighted by atomic mass is 9.88. The number of piperidine rings is 1. The number of furan rings is 1. The Morgan fingerprint density at radius 3 is 2.62 bits per heavy atom. The highest BCUT2D eigenvalue weighted by Crippen LogP contribution is 2.33. The Morgan fingerprint density at radius 2 is 1.85 bits per heavy atom. The maximum Gasteiger partial charge on any atom is 0.253 e. The molecule has 4 aromatic rings. The van der Waals surface area contributed by atoms with Crippen LogP contribution in [0.3, 0.4) is 0 Å². The van der Waals surface area contributed by atoms with Gasteiger partial charge in [-0.25, -0.2) is 4.99 Å². The summed E-state index contributed by atoms with van der Waals surface area (Å²) in [7, 11) is 1.70. The molecule has 39 heavy (non-hydrogen) atoms. The lowest BCUT2D eigenvalue weighted by Crippen LogP contribution is -2.40. The van der Waals surface area contributed by atoms with Crippen LogP contribution in [-0.4, -0.2) is 67.5 Å². The number of methoxy groups -OCH3 is 1. The van der Waals surface area contributed by atoms with Crippen molar-refractivity contribution >= 4 is 27.6 Å². The monoisotopic (exact) mass is 528 g/mol. The van der Waals surface area contributed by atoms with Crippen LogP contribution in [0.4, 0.5) is 0 Å². The summed E-state index contributed by atoms with van der Waals surface area (Å²) in [5.41, 5.74) is 1.85. The average Bonchev–Trinajstić information content (AvgIpc) is 3.55. The van der Waals surface area contributed by atoms with Crippen LogP contribution in [0, 0.1) is 0 Å². The summed E-state index contributed by atoms with van der Waals surface area (Å²) in [6.07, 6.45) is 1.58. The summed E-state index contributed by atoms with van der Waals surface area (Å²) in [6, 6.07) is 20.6. The smallest absolute Gasteiger partial charge is 0.253 e. The standard InChI is InChI=1S/C32H36N2O5/c1-32(2)20-38-31(33-32)30-17-27-28(5-4-6-29(27)39-30)37-19-25(35)18-34-13-11-21(12-14-34)22-7-8-24-16-26(36-3)10-9-23(24)15-22/h4-10,15-17,21,25,35H,11-14,18-20H2,1-3H3/t25-/m0/s1. The molecule has 0 aliphatic carbocycles. The highest BCUT2D eigenvalue weighted by Gasteiger charge is 2.29. The van der Waals surface area contributed by atoms with E-state index in [1.807, 2.05) is 44.2 Å². The van der Waals surface area contributed by atoms with E-state index in [-0.39, 0.29) is 12.1 Å². The fourth-order valence-electron chi connectivity index (χ4n) is 5.58. The number of nitrogens with zero attached hydrogens (tertiary/aromatic N) is 2. The van der Waals surface area contributed by atoms with Gasteiger partial charge in [0.15, 0.2) is 5.76 Å². The number of β-amino-alcohol motifs (C(OH)–C–C–N with tert-alkyl or cyclic N) is 1. The molecule has 0 amide bonds. The Morgan fingerprint density at radius 1 is 1.05 bits per heavy atom. The van der Waals surface area contributed by atoms with Crippen molar-refractivity contribution in [3.63, 3.8) is 0 Å². The van der Waals surface area contributed by atoms with E-state index in [1.54, 1.807) is 7.11 Å². The zero-order valence-corrected chi connectivity index (χ0v) is 22.9. The van der Waals surface area contributed by atoms with Gasteiger partial charge in [0.1, 0.15) is 36.4 Å². The fourth-order valence-corrected chi connectivity index (χ4v) is 5.58. The zero-order chi connectivity index (χ0) is 27.0. The molecule has 2 aliphatic heterocycles. The Hall–Kier alpha value is -3.55. The summed E-state index contributed by atoms with van der Waals surface area (Å²) in [6.45, 7) is 7.33. The minimum Gasteiger partial charge on any atom is -0.497 e. The van der Waals surface area contributed by atoms with E-state index in [1.165, 1.54) is 16.3 Å². The van der Waals surface area contributed by atoms with Crippen molar-refractivity contribution in [3.05, 3.63) is 72.0 Å². The molecule has 0 bridgehead atoms. The van der Waals surface area contributed by atoms with Gasteiger partial charge in [-0.2, -0.15) is 0 Å². The molecule has 7 heteroatoms. The second-order valence-electron chi connectivity index (χ2n) is 11.3. The highest BCUT2D eigenvalue weighted by atomic mass is 16.5. The number of likely N-dealkylation sites (tertiary alicyclic amines) is 1. The molecular weight excluding hydrogens is 492 g/mol. The Labute approximate surface area is 229 Å². The van der Waals surface area contributed by atoms with Crippen molar-refractivity contribution in [1.82, 2.24) is 4.90 Å². The van der Waals surface area contributed by atoms with Crippen LogP contribution in [-0.2, 0) is 4.74 Å². The minimum absolute atomic E-state index is 0.220. The third-order valence-corrected chi connectivity index (χ3v) is 7.73. The molecule has 3 aromatic carbocycles. The van der Waals surface area contributed by atoms with E-state index in [2.05, 4.69) is 40.2 Å². The van der Waals surface area contributed by atoms with E-state index in [0.29, 0.717) is 42.1 Å². The van der Waals surface area contributed by atoms with Gasteiger partial charge in [-0.1, -0.05) is 30.3 Å². The fraction of sp³-hybridized carbons (Fsp3) is 0.406. The van der Waals surface area contributed by atoms with Crippen LogP contribution in [0.1, 0.15) is 43.9 Å². The van der Waals surface area contributed by atoms with Crippen molar-refractivity contribution < 1.29 is 23.7 Å². The number of benzene rings is 3. The molecule has 0 radical (unpaired) electrons. The Kier molecular flexibility index (Phi) is 6.95. The SMILES string of the molecule is COc1ccc2cc(C3CCN(C[C@H](O)COc4cccc5oc(C6=NC(C)(C)CO6)cc45)CC3)ccc2c1. The molecule has 6 rings (SSSR count). The second-order valence-corrected chi connectivity index (χ2v) is 11.3. The van der Waals surface area contributed by atoms with Crippen LogP contribution in [0.5, 0.6) is 11.5 Å². The second kappa shape index (κ2) is 10.5. The predicted molar refractivity (Wildman–Crippen MR) is 153 cm³/mol. The number of aliphatic hydroxyl groups is 1. The van der Waals surface area contributed by atoms with Crippen LogP contribution in [0.2, 0.25) is 0 Å². The summed E-state index contributed by atoms with van der Waals surface area (Å²) >= 11 is 0. The Bertz CT molecular complexity index is 1500. The zero-order valence-electron chi connectivity index (χ0n) is 22.9. The minimum atomic E-state index is -0.581. The van der Waals surface area contributed by atoms with Crippen LogP contribution in [0.25, 0.3) is 21.7 Å². The molecule has 1 atom stereocenters. The predicted octanol–water partition coefficient (Wildman–Crippen LogP) is 5.77. The molecular formula is C32H36N2O5. The lowest BCUT2D eigenvalue weighted by Gasteiger charge is -2.33. The van der Waals surface area contributed by atoms with Gasteiger partial charge in [0.05, 0.1) is 18.0 Å². The molecule has 7 nitrogen and oxygen atoms in total. The van der Waals surface area contributed by atoms with Gasteiger partial charge in [-0.15, -0.1) is 0 Å². The normalized spacial score (nSPS) is 18.7. The molecule has 0 spiro atoms. The van der Waals surface area contributed by atoms with Crippen LogP contribution < -0.4 is 9.47 Å².